The van der Waals surface area contributed by atoms with Crippen molar-refractivity contribution in [3.8, 4) is 16.9 Å². The monoisotopic (exact) mass is 237 g/mol. The second kappa shape index (κ2) is 4.06. The number of ether oxygens (including phenoxy) is 1. The fraction of sp³-hybridized carbons (Fsp3) is 0.182. The fourth-order valence-electron chi connectivity index (χ4n) is 1.66. The molecule has 3 N–H and O–H groups in total. The standard InChI is InChI=1S/C11H12ClN3O/c1-6-10(11(13)15-14-6)8-5-7(12)3-4-9(8)16-2/h3-5H,1-2H3,(H3,13,14,15). The molecule has 1 aromatic heterocycles. The van der Waals surface area contributed by atoms with Crippen molar-refractivity contribution in [3.05, 3.63) is 28.9 Å². The summed E-state index contributed by atoms with van der Waals surface area (Å²) in [6, 6.07) is 5.40. The number of hydrogen-bond acceptors (Lipinski definition) is 3. The summed E-state index contributed by atoms with van der Waals surface area (Å²) in [5, 5.41) is 7.42. The van der Waals surface area contributed by atoms with E-state index < -0.39 is 0 Å². The zero-order valence-electron chi connectivity index (χ0n) is 9.04. The van der Waals surface area contributed by atoms with Crippen LogP contribution in [0.15, 0.2) is 18.2 Å². The van der Waals surface area contributed by atoms with E-state index in [1.54, 1.807) is 13.2 Å². The molecule has 0 fully saturated rings. The van der Waals surface area contributed by atoms with E-state index in [0.29, 0.717) is 10.8 Å². The zero-order chi connectivity index (χ0) is 11.7. The third-order valence-corrected chi connectivity index (χ3v) is 2.64. The van der Waals surface area contributed by atoms with Gasteiger partial charge in [0.15, 0.2) is 5.82 Å². The molecule has 0 saturated heterocycles. The highest BCUT2D eigenvalue weighted by Gasteiger charge is 2.14. The number of nitrogens with two attached hydrogens (primary N) is 1. The summed E-state index contributed by atoms with van der Waals surface area (Å²) in [5.74, 6) is 1.17. The Bertz CT molecular complexity index is 502. The number of anilines is 1. The van der Waals surface area contributed by atoms with E-state index >= 15 is 0 Å². The third-order valence-electron chi connectivity index (χ3n) is 2.41. The third kappa shape index (κ3) is 1.72. The van der Waals surface area contributed by atoms with Crippen LogP contribution in [0, 0.1) is 6.92 Å². The number of methoxy groups -OCH3 is 1. The van der Waals surface area contributed by atoms with Crippen molar-refractivity contribution >= 4 is 17.4 Å². The summed E-state index contributed by atoms with van der Waals surface area (Å²) in [5.41, 5.74) is 8.37. The molecule has 0 aliphatic carbocycles. The quantitative estimate of drug-likeness (QED) is 0.844. The van der Waals surface area contributed by atoms with Gasteiger partial charge in [-0.05, 0) is 25.1 Å². The SMILES string of the molecule is COc1ccc(Cl)cc1-c1c(N)n[nH]c1C. The molecule has 2 aromatic rings. The number of aromatic nitrogens is 2. The van der Waals surface area contributed by atoms with Crippen LogP contribution in [0.3, 0.4) is 0 Å². The van der Waals surface area contributed by atoms with Crippen LogP contribution in [0.25, 0.3) is 11.1 Å². The smallest absolute Gasteiger partial charge is 0.153 e. The first kappa shape index (κ1) is 10.8. The Morgan fingerprint density at radius 2 is 2.19 bits per heavy atom. The molecule has 4 nitrogen and oxygen atoms in total. The summed E-state index contributed by atoms with van der Waals surface area (Å²) in [4.78, 5) is 0. The first-order valence-corrected chi connectivity index (χ1v) is 5.15. The second-order valence-corrected chi connectivity index (χ2v) is 3.89. The van der Waals surface area contributed by atoms with Crippen LogP contribution in [0.2, 0.25) is 5.02 Å². The molecule has 1 aromatic carbocycles. The fourth-order valence-corrected chi connectivity index (χ4v) is 1.84. The summed E-state index contributed by atoms with van der Waals surface area (Å²) < 4.78 is 5.28. The molecule has 1 heterocycles. The lowest BCUT2D eigenvalue weighted by Gasteiger charge is -2.08. The largest absolute Gasteiger partial charge is 0.496 e. The van der Waals surface area contributed by atoms with Gasteiger partial charge in [-0.3, -0.25) is 5.10 Å². The van der Waals surface area contributed by atoms with Crippen LogP contribution in [-0.4, -0.2) is 17.3 Å². The van der Waals surface area contributed by atoms with E-state index in [1.165, 1.54) is 0 Å². The van der Waals surface area contributed by atoms with Crippen molar-refractivity contribution in [1.82, 2.24) is 10.2 Å². The van der Waals surface area contributed by atoms with Crippen LogP contribution >= 0.6 is 11.6 Å². The number of hydrogen-bond donors (Lipinski definition) is 2. The van der Waals surface area contributed by atoms with Gasteiger partial charge in [-0.15, -0.1) is 0 Å². The van der Waals surface area contributed by atoms with Gasteiger partial charge in [0.1, 0.15) is 5.75 Å². The zero-order valence-corrected chi connectivity index (χ0v) is 9.80. The summed E-state index contributed by atoms with van der Waals surface area (Å²) >= 11 is 5.97. The normalized spacial score (nSPS) is 10.4. The topological polar surface area (TPSA) is 63.9 Å². The minimum atomic E-state index is 0.443. The lowest BCUT2D eigenvalue weighted by atomic mass is 10.0. The predicted octanol–water partition coefficient (Wildman–Crippen LogP) is 2.63. The lowest BCUT2D eigenvalue weighted by Crippen LogP contribution is -1.92. The number of halogens is 1. The molecule has 0 saturated carbocycles. The minimum Gasteiger partial charge on any atom is -0.496 e. The highest BCUT2D eigenvalue weighted by atomic mass is 35.5. The van der Waals surface area contributed by atoms with Crippen molar-refractivity contribution in [2.24, 2.45) is 0 Å². The summed E-state index contributed by atoms with van der Waals surface area (Å²) in [6.45, 7) is 1.90. The number of aryl methyl sites for hydroxylation is 1. The molecule has 2 rings (SSSR count). The van der Waals surface area contributed by atoms with E-state index in [0.717, 1.165) is 22.6 Å². The Labute approximate surface area is 98.4 Å². The highest BCUT2D eigenvalue weighted by Crippen LogP contribution is 2.36. The Morgan fingerprint density at radius 1 is 1.44 bits per heavy atom. The molecule has 5 heteroatoms. The number of H-pyrrole nitrogens is 1. The van der Waals surface area contributed by atoms with Crippen LogP contribution in [-0.2, 0) is 0 Å². The van der Waals surface area contributed by atoms with Crippen LogP contribution in [0.1, 0.15) is 5.69 Å². The molecule has 0 aliphatic heterocycles. The van der Waals surface area contributed by atoms with Gasteiger partial charge in [0.2, 0.25) is 0 Å². The maximum absolute atomic E-state index is 5.97. The maximum Gasteiger partial charge on any atom is 0.153 e. The van der Waals surface area contributed by atoms with E-state index in [2.05, 4.69) is 10.2 Å². The Kier molecular flexibility index (Phi) is 2.75. The number of nitrogens with one attached hydrogen (secondary N) is 1. The van der Waals surface area contributed by atoms with Crippen molar-refractivity contribution in [2.45, 2.75) is 6.92 Å². The molecular formula is C11H12ClN3O. The van der Waals surface area contributed by atoms with Gasteiger partial charge in [-0.25, -0.2) is 0 Å². The molecule has 0 unspecified atom stereocenters. The molecule has 0 bridgehead atoms. The van der Waals surface area contributed by atoms with Gasteiger partial charge < -0.3 is 10.5 Å². The average Bonchev–Trinajstić information content (AvgIpc) is 2.58. The van der Waals surface area contributed by atoms with Gasteiger partial charge in [-0.2, -0.15) is 5.10 Å². The molecule has 0 spiro atoms. The van der Waals surface area contributed by atoms with Gasteiger partial charge in [-0.1, -0.05) is 11.6 Å². The number of nitrogen functional groups attached to an aromatic ring is 1. The molecule has 0 amide bonds. The Hall–Kier alpha value is -1.68. The lowest BCUT2D eigenvalue weighted by molar-refractivity contribution is 0.416. The number of aromatic amines is 1. The number of rotatable bonds is 2. The molecule has 0 atom stereocenters. The van der Waals surface area contributed by atoms with Gasteiger partial charge in [0.25, 0.3) is 0 Å². The van der Waals surface area contributed by atoms with Crippen molar-refractivity contribution < 1.29 is 4.74 Å². The molecule has 16 heavy (non-hydrogen) atoms. The summed E-state index contributed by atoms with van der Waals surface area (Å²) in [7, 11) is 1.61. The van der Waals surface area contributed by atoms with Crippen LogP contribution in [0.5, 0.6) is 5.75 Å². The predicted molar refractivity (Wildman–Crippen MR) is 64.7 cm³/mol. The van der Waals surface area contributed by atoms with Gasteiger partial charge >= 0.3 is 0 Å². The molecular weight excluding hydrogens is 226 g/mol. The van der Waals surface area contributed by atoms with Crippen molar-refractivity contribution in [1.29, 1.82) is 0 Å². The van der Waals surface area contributed by atoms with Crippen LogP contribution in [0.4, 0.5) is 5.82 Å². The van der Waals surface area contributed by atoms with Crippen LogP contribution < -0.4 is 10.5 Å². The molecule has 0 aliphatic rings. The maximum atomic E-state index is 5.97. The Morgan fingerprint density at radius 3 is 2.75 bits per heavy atom. The summed E-state index contributed by atoms with van der Waals surface area (Å²) in [6.07, 6.45) is 0. The first-order valence-electron chi connectivity index (χ1n) is 4.78. The van der Waals surface area contributed by atoms with Gasteiger partial charge in [0, 0.05) is 16.3 Å². The minimum absolute atomic E-state index is 0.443. The molecule has 0 radical (unpaired) electrons. The number of nitrogens with zero attached hydrogens (tertiary/aromatic N) is 1. The van der Waals surface area contributed by atoms with Crippen molar-refractivity contribution in [2.75, 3.05) is 12.8 Å². The Balaban J connectivity index is 2.67. The van der Waals surface area contributed by atoms with Gasteiger partial charge in [0.05, 0.1) is 12.7 Å². The number of benzene rings is 1. The molecule has 84 valence electrons. The van der Waals surface area contributed by atoms with E-state index in [4.69, 9.17) is 22.1 Å². The second-order valence-electron chi connectivity index (χ2n) is 3.45. The van der Waals surface area contributed by atoms with E-state index in [9.17, 15) is 0 Å². The average molecular weight is 238 g/mol. The van der Waals surface area contributed by atoms with E-state index in [1.807, 2.05) is 19.1 Å². The first-order chi connectivity index (χ1) is 7.63. The highest BCUT2D eigenvalue weighted by molar-refractivity contribution is 6.31. The van der Waals surface area contributed by atoms with Crippen molar-refractivity contribution in [3.63, 3.8) is 0 Å². The van der Waals surface area contributed by atoms with E-state index in [-0.39, 0.29) is 0 Å².